The third kappa shape index (κ3) is 8.25. The second-order valence-corrected chi connectivity index (χ2v) is 9.58. The zero-order chi connectivity index (χ0) is 25.1. The first kappa shape index (κ1) is 28.8. The van der Waals surface area contributed by atoms with Gasteiger partial charge >= 0.3 is 19.5 Å². The Labute approximate surface area is 196 Å². The molecule has 1 amide bonds. The van der Waals surface area contributed by atoms with Gasteiger partial charge in [0.15, 0.2) is 0 Å². The third-order valence-corrected chi connectivity index (χ3v) is 6.84. The first-order valence-corrected chi connectivity index (χ1v) is 12.9. The zero-order valence-corrected chi connectivity index (χ0v) is 21.3. The highest BCUT2D eigenvalue weighted by molar-refractivity contribution is 7.53. The van der Waals surface area contributed by atoms with Crippen molar-refractivity contribution >= 4 is 25.4 Å². The van der Waals surface area contributed by atoms with Crippen molar-refractivity contribution in [3.8, 4) is 0 Å². The second kappa shape index (κ2) is 13.5. The summed E-state index contributed by atoms with van der Waals surface area (Å²) in [7, 11) is -3.30. The predicted molar refractivity (Wildman–Crippen MR) is 124 cm³/mol. The van der Waals surface area contributed by atoms with Crippen molar-refractivity contribution in [1.82, 2.24) is 5.32 Å². The van der Waals surface area contributed by atoms with E-state index in [0.717, 1.165) is 11.1 Å². The van der Waals surface area contributed by atoms with Gasteiger partial charge in [-0.15, -0.1) is 0 Å². The van der Waals surface area contributed by atoms with Crippen LogP contribution in [0.4, 0.5) is 0 Å². The number of aryl methyl sites for hydroxylation is 2. The zero-order valence-electron chi connectivity index (χ0n) is 20.4. The van der Waals surface area contributed by atoms with E-state index in [2.05, 4.69) is 5.32 Å². The summed E-state index contributed by atoms with van der Waals surface area (Å²) in [4.78, 5) is 38.0. The second-order valence-electron chi connectivity index (χ2n) is 7.40. The van der Waals surface area contributed by atoms with Crippen molar-refractivity contribution in [3.63, 3.8) is 0 Å². The summed E-state index contributed by atoms with van der Waals surface area (Å²) in [6.07, 6.45) is 0.250. The van der Waals surface area contributed by atoms with Crippen LogP contribution >= 0.6 is 7.60 Å². The Morgan fingerprint density at radius 3 is 1.91 bits per heavy atom. The number of ether oxygens (including phenoxy) is 2. The standard InChI is InChI=1S/C23H36NO8P/c1-7-29-21(26)23(24-18(6)25,22(27)30-8-2)16-20-15-17(5)11-12-19(20)13-14-33(28,31-9-3)32-10-4/h11-12,15H,7-10,13-14,16H2,1-6H3,(H,24,25). The van der Waals surface area contributed by atoms with Gasteiger partial charge in [0.25, 0.3) is 0 Å². The molecule has 186 valence electrons. The van der Waals surface area contributed by atoms with Gasteiger partial charge in [0.2, 0.25) is 11.4 Å². The molecule has 9 nitrogen and oxygen atoms in total. The molecular formula is C23H36NO8P. The van der Waals surface area contributed by atoms with Gasteiger partial charge in [0.05, 0.1) is 32.6 Å². The molecule has 1 rings (SSSR count). The van der Waals surface area contributed by atoms with Gasteiger partial charge in [0.1, 0.15) is 0 Å². The fraction of sp³-hybridized carbons (Fsp3) is 0.609. The number of esters is 2. The molecule has 1 aromatic rings. The molecule has 1 N–H and O–H groups in total. The highest BCUT2D eigenvalue weighted by Crippen LogP contribution is 2.48. The molecule has 0 saturated heterocycles. The molecule has 0 aliphatic carbocycles. The molecule has 0 aliphatic rings. The SMILES string of the molecule is CCOC(=O)C(Cc1cc(C)ccc1CCP(=O)(OCC)OCC)(NC(C)=O)C(=O)OCC. The minimum Gasteiger partial charge on any atom is -0.464 e. The van der Waals surface area contributed by atoms with Crippen molar-refractivity contribution in [2.45, 2.75) is 59.9 Å². The molecular weight excluding hydrogens is 449 g/mol. The maximum atomic E-state index is 13.0. The smallest absolute Gasteiger partial charge is 0.344 e. The first-order valence-electron chi connectivity index (χ1n) is 11.2. The molecule has 0 radical (unpaired) electrons. The predicted octanol–water partition coefficient (Wildman–Crippen LogP) is 3.35. The molecule has 0 heterocycles. The number of rotatable bonds is 14. The van der Waals surface area contributed by atoms with Gasteiger partial charge in [-0.3, -0.25) is 9.36 Å². The normalized spacial score (nSPS) is 11.7. The number of amides is 1. The highest BCUT2D eigenvalue weighted by Gasteiger charge is 2.50. The van der Waals surface area contributed by atoms with Crippen molar-refractivity contribution < 1.29 is 37.5 Å². The molecule has 0 spiro atoms. The van der Waals surface area contributed by atoms with E-state index in [1.807, 2.05) is 25.1 Å². The van der Waals surface area contributed by atoms with E-state index < -0.39 is 31.0 Å². The Morgan fingerprint density at radius 2 is 1.45 bits per heavy atom. The Hall–Kier alpha value is -2.22. The minimum absolute atomic E-state index is 0.0200. The van der Waals surface area contributed by atoms with E-state index >= 15 is 0 Å². The molecule has 1 aromatic carbocycles. The Kier molecular flexibility index (Phi) is 11.8. The maximum absolute atomic E-state index is 13.0. The summed E-state index contributed by atoms with van der Waals surface area (Å²) < 4.78 is 34.0. The van der Waals surface area contributed by atoms with Crippen LogP contribution in [0.1, 0.15) is 51.3 Å². The summed E-state index contributed by atoms with van der Waals surface area (Å²) >= 11 is 0. The van der Waals surface area contributed by atoms with Crippen LogP contribution in [0.5, 0.6) is 0 Å². The lowest BCUT2D eigenvalue weighted by molar-refractivity contribution is -0.168. The average Bonchev–Trinajstić information content (AvgIpc) is 2.73. The van der Waals surface area contributed by atoms with Gasteiger partial charge in [-0.05, 0) is 52.2 Å². The fourth-order valence-electron chi connectivity index (χ4n) is 3.45. The summed E-state index contributed by atoms with van der Waals surface area (Å²) in [5.74, 6) is -2.39. The van der Waals surface area contributed by atoms with E-state index in [9.17, 15) is 18.9 Å². The molecule has 33 heavy (non-hydrogen) atoms. The van der Waals surface area contributed by atoms with Crippen LogP contribution in [0.25, 0.3) is 0 Å². The van der Waals surface area contributed by atoms with Gasteiger partial charge < -0.3 is 23.8 Å². The minimum atomic E-state index is -3.30. The summed E-state index contributed by atoms with van der Waals surface area (Å²) in [5, 5.41) is 2.48. The number of benzene rings is 1. The van der Waals surface area contributed by atoms with E-state index in [4.69, 9.17) is 18.5 Å². The van der Waals surface area contributed by atoms with Crippen LogP contribution in [-0.2, 0) is 50.3 Å². The van der Waals surface area contributed by atoms with Crippen LogP contribution < -0.4 is 5.32 Å². The molecule has 0 atom stereocenters. The van der Waals surface area contributed by atoms with Crippen LogP contribution in [-0.4, -0.2) is 56.0 Å². The van der Waals surface area contributed by atoms with Gasteiger partial charge in [-0.25, -0.2) is 9.59 Å². The monoisotopic (exact) mass is 485 g/mol. The number of hydrogen-bond acceptors (Lipinski definition) is 8. The molecule has 0 fully saturated rings. The van der Waals surface area contributed by atoms with Crippen molar-refractivity contribution in [1.29, 1.82) is 0 Å². The first-order chi connectivity index (χ1) is 15.6. The lowest BCUT2D eigenvalue weighted by Gasteiger charge is -2.30. The highest BCUT2D eigenvalue weighted by atomic mass is 31.2. The Morgan fingerprint density at radius 1 is 0.909 bits per heavy atom. The average molecular weight is 486 g/mol. The topological polar surface area (TPSA) is 117 Å². The van der Waals surface area contributed by atoms with E-state index in [1.165, 1.54) is 6.92 Å². The largest absolute Gasteiger partial charge is 0.464 e. The van der Waals surface area contributed by atoms with Gasteiger partial charge in [-0.1, -0.05) is 23.8 Å². The molecule has 0 aromatic heterocycles. The number of carbonyl (C=O) groups is 3. The lowest BCUT2D eigenvalue weighted by atomic mass is 9.86. The van der Waals surface area contributed by atoms with Crippen molar-refractivity contribution in [3.05, 3.63) is 34.9 Å². The van der Waals surface area contributed by atoms with Crippen LogP contribution in [0.3, 0.4) is 0 Å². The number of hydrogen-bond donors (Lipinski definition) is 1. The quantitative estimate of drug-likeness (QED) is 0.242. The molecule has 10 heteroatoms. The van der Waals surface area contributed by atoms with Crippen LogP contribution in [0.15, 0.2) is 18.2 Å². The van der Waals surface area contributed by atoms with Crippen molar-refractivity contribution in [2.75, 3.05) is 32.6 Å². The molecule has 0 saturated carbocycles. The molecule has 0 unspecified atom stereocenters. The van der Waals surface area contributed by atoms with Gasteiger partial charge in [-0.2, -0.15) is 0 Å². The molecule has 0 aliphatic heterocycles. The lowest BCUT2D eigenvalue weighted by Crippen LogP contribution is -2.62. The Balaban J connectivity index is 3.46. The fourth-order valence-corrected chi connectivity index (χ4v) is 5.08. The van der Waals surface area contributed by atoms with Gasteiger partial charge in [0, 0.05) is 13.3 Å². The Bertz CT molecular complexity index is 842. The summed E-state index contributed by atoms with van der Waals surface area (Å²) in [6, 6.07) is 5.53. The van der Waals surface area contributed by atoms with Crippen molar-refractivity contribution in [2.24, 2.45) is 0 Å². The number of carbonyl (C=O) groups excluding carboxylic acids is 3. The number of nitrogens with one attached hydrogen (secondary N) is 1. The van der Waals surface area contributed by atoms with E-state index in [0.29, 0.717) is 12.0 Å². The van der Waals surface area contributed by atoms with E-state index in [1.54, 1.807) is 27.7 Å². The maximum Gasteiger partial charge on any atom is 0.344 e. The third-order valence-electron chi connectivity index (χ3n) is 4.76. The molecule has 0 bridgehead atoms. The summed E-state index contributed by atoms with van der Waals surface area (Å²) in [5.41, 5.74) is 0.188. The summed E-state index contributed by atoms with van der Waals surface area (Å²) in [6.45, 7) is 10.3. The van der Waals surface area contributed by atoms with Crippen LogP contribution in [0, 0.1) is 6.92 Å². The van der Waals surface area contributed by atoms with E-state index in [-0.39, 0.29) is 39.0 Å². The van der Waals surface area contributed by atoms with Crippen LogP contribution in [0.2, 0.25) is 0 Å².